The molecule has 1 aliphatic rings. The second-order valence-electron chi connectivity index (χ2n) is 4.91. The second-order valence-corrected chi connectivity index (χ2v) is 7.11. The molecule has 0 amide bonds. The number of anilines is 1. The SMILES string of the molecule is Nc1cc(S(=O)(=O)C2CCCC2)c2cc[nH]c2c1. The van der Waals surface area contributed by atoms with Crippen LogP contribution in [-0.4, -0.2) is 18.7 Å². The lowest BCUT2D eigenvalue weighted by molar-refractivity contribution is 0.580. The molecule has 1 fully saturated rings. The topological polar surface area (TPSA) is 76.0 Å². The van der Waals surface area contributed by atoms with E-state index < -0.39 is 9.84 Å². The number of aromatic nitrogens is 1. The summed E-state index contributed by atoms with van der Waals surface area (Å²) in [6.45, 7) is 0. The van der Waals surface area contributed by atoms with E-state index in [9.17, 15) is 8.42 Å². The summed E-state index contributed by atoms with van der Waals surface area (Å²) in [5, 5.41) is 0.508. The van der Waals surface area contributed by atoms with Gasteiger partial charge in [-0.2, -0.15) is 0 Å². The van der Waals surface area contributed by atoms with E-state index in [0.717, 1.165) is 36.6 Å². The maximum Gasteiger partial charge on any atom is 0.181 e. The van der Waals surface area contributed by atoms with Gasteiger partial charge < -0.3 is 10.7 Å². The Balaban J connectivity index is 2.21. The zero-order chi connectivity index (χ0) is 12.8. The van der Waals surface area contributed by atoms with Crippen molar-refractivity contribution in [3.8, 4) is 0 Å². The van der Waals surface area contributed by atoms with Crippen LogP contribution in [0.2, 0.25) is 0 Å². The van der Waals surface area contributed by atoms with Crippen molar-refractivity contribution in [3.05, 3.63) is 24.4 Å². The highest BCUT2D eigenvalue weighted by atomic mass is 32.2. The molecule has 3 rings (SSSR count). The first-order valence-electron chi connectivity index (χ1n) is 6.19. The van der Waals surface area contributed by atoms with E-state index in [1.807, 2.05) is 0 Å². The summed E-state index contributed by atoms with van der Waals surface area (Å²) in [6.07, 6.45) is 5.29. The lowest BCUT2D eigenvalue weighted by Gasteiger charge is -2.12. The first kappa shape index (κ1) is 11.6. The molecule has 5 heteroatoms. The Kier molecular flexibility index (Phi) is 2.59. The van der Waals surface area contributed by atoms with Crippen molar-refractivity contribution < 1.29 is 8.42 Å². The Morgan fingerprint density at radius 3 is 2.67 bits per heavy atom. The zero-order valence-corrected chi connectivity index (χ0v) is 10.8. The fourth-order valence-corrected chi connectivity index (χ4v) is 4.87. The number of sulfone groups is 1. The third-order valence-electron chi connectivity index (χ3n) is 3.70. The number of nitrogen functional groups attached to an aromatic ring is 1. The van der Waals surface area contributed by atoms with Crippen molar-refractivity contribution in [1.29, 1.82) is 0 Å². The molecule has 1 saturated carbocycles. The lowest BCUT2D eigenvalue weighted by Crippen LogP contribution is -2.18. The summed E-state index contributed by atoms with van der Waals surface area (Å²) < 4.78 is 25.3. The number of nitrogens with one attached hydrogen (secondary N) is 1. The predicted molar refractivity (Wildman–Crippen MR) is 72.2 cm³/mol. The number of benzene rings is 1. The predicted octanol–water partition coefficient (Wildman–Crippen LogP) is 2.47. The van der Waals surface area contributed by atoms with Crippen molar-refractivity contribution in [2.24, 2.45) is 0 Å². The van der Waals surface area contributed by atoms with Gasteiger partial charge in [0, 0.05) is 22.8 Å². The summed E-state index contributed by atoms with van der Waals surface area (Å²) in [7, 11) is -3.26. The van der Waals surface area contributed by atoms with E-state index in [1.54, 1.807) is 24.4 Å². The van der Waals surface area contributed by atoms with Gasteiger partial charge in [-0.15, -0.1) is 0 Å². The molecule has 0 bridgehead atoms. The Labute approximate surface area is 106 Å². The first-order valence-corrected chi connectivity index (χ1v) is 7.74. The molecule has 96 valence electrons. The van der Waals surface area contributed by atoms with Gasteiger partial charge in [0.2, 0.25) is 0 Å². The molecule has 1 aromatic carbocycles. The highest BCUT2D eigenvalue weighted by Gasteiger charge is 2.31. The molecule has 0 unspecified atom stereocenters. The molecule has 3 N–H and O–H groups in total. The zero-order valence-electron chi connectivity index (χ0n) is 10.0. The lowest BCUT2D eigenvalue weighted by atomic mass is 10.2. The van der Waals surface area contributed by atoms with Crippen LogP contribution in [0.3, 0.4) is 0 Å². The average Bonchev–Trinajstić information content (AvgIpc) is 2.98. The normalized spacial score (nSPS) is 17.6. The van der Waals surface area contributed by atoms with E-state index in [4.69, 9.17) is 5.73 Å². The summed E-state index contributed by atoms with van der Waals surface area (Å²) in [5.41, 5.74) is 7.07. The van der Waals surface area contributed by atoms with Crippen molar-refractivity contribution in [1.82, 2.24) is 4.98 Å². The fourth-order valence-electron chi connectivity index (χ4n) is 2.77. The number of H-pyrrole nitrogens is 1. The maximum absolute atomic E-state index is 12.6. The molecular weight excluding hydrogens is 248 g/mol. The van der Waals surface area contributed by atoms with Gasteiger partial charge in [0.25, 0.3) is 0 Å². The number of rotatable bonds is 2. The molecule has 0 spiro atoms. The Hall–Kier alpha value is -1.49. The van der Waals surface area contributed by atoms with Crippen LogP contribution in [-0.2, 0) is 9.84 Å². The summed E-state index contributed by atoms with van der Waals surface area (Å²) in [6, 6.07) is 5.16. The molecule has 0 radical (unpaired) electrons. The van der Waals surface area contributed by atoms with Crippen LogP contribution >= 0.6 is 0 Å². The van der Waals surface area contributed by atoms with E-state index in [2.05, 4.69) is 4.98 Å². The summed E-state index contributed by atoms with van der Waals surface area (Å²) in [5.74, 6) is 0. The minimum Gasteiger partial charge on any atom is -0.399 e. The third kappa shape index (κ3) is 1.70. The molecule has 0 saturated heterocycles. The van der Waals surface area contributed by atoms with Crippen LogP contribution in [0, 0.1) is 0 Å². The molecule has 4 nitrogen and oxygen atoms in total. The van der Waals surface area contributed by atoms with Gasteiger partial charge in [-0.05, 0) is 31.0 Å². The van der Waals surface area contributed by atoms with E-state index in [1.165, 1.54) is 0 Å². The van der Waals surface area contributed by atoms with Crippen molar-refractivity contribution >= 4 is 26.4 Å². The molecule has 0 atom stereocenters. The average molecular weight is 264 g/mol. The molecule has 1 aromatic heterocycles. The van der Waals surface area contributed by atoms with Gasteiger partial charge in [0.1, 0.15) is 0 Å². The molecule has 18 heavy (non-hydrogen) atoms. The molecule has 0 aliphatic heterocycles. The standard InChI is InChI=1S/C13H16N2O2S/c14-9-7-12-11(5-6-15-12)13(8-9)18(16,17)10-3-1-2-4-10/h5-8,10,15H,1-4,14H2. The first-order chi connectivity index (χ1) is 8.59. The molecule has 1 aliphatic carbocycles. The highest BCUT2D eigenvalue weighted by Crippen LogP contribution is 2.34. The van der Waals surface area contributed by atoms with E-state index in [0.29, 0.717) is 10.6 Å². The Bertz CT molecular complexity index is 682. The molecular formula is C13H16N2O2S. The number of nitrogens with two attached hydrogens (primary N) is 1. The third-order valence-corrected chi connectivity index (χ3v) is 6.00. The van der Waals surface area contributed by atoms with Gasteiger partial charge >= 0.3 is 0 Å². The van der Waals surface area contributed by atoms with Crippen LogP contribution in [0.15, 0.2) is 29.3 Å². The van der Waals surface area contributed by atoms with Crippen LogP contribution in [0.1, 0.15) is 25.7 Å². The number of hydrogen-bond donors (Lipinski definition) is 2. The summed E-state index contributed by atoms with van der Waals surface area (Å²) in [4.78, 5) is 3.40. The molecule has 1 heterocycles. The number of fused-ring (bicyclic) bond motifs is 1. The van der Waals surface area contributed by atoms with Crippen molar-refractivity contribution in [2.75, 3.05) is 5.73 Å². The fraction of sp³-hybridized carbons (Fsp3) is 0.385. The van der Waals surface area contributed by atoms with Crippen molar-refractivity contribution in [3.63, 3.8) is 0 Å². The summed E-state index contributed by atoms with van der Waals surface area (Å²) >= 11 is 0. The van der Waals surface area contributed by atoms with Crippen LogP contribution < -0.4 is 5.73 Å². The quantitative estimate of drug-likeness (QED) is 0.818. The Morgan fingerprint density at radius 1 is 1.22 bits per heavy atom. The van der Waals surface area contributed by atoms with E-state index >= 15 is 0 Å². The minimum atomic E-state index is -3.26. The monoisotopic (exact) mass is 264 g/mol. The number of hydrogen-bond acceptors (Lipinski definition) is 3. The smallest absolute Gasteiger partial charge is 0.181 e. The highest BCUT2D eigenvalue weighted by molar-refractivity contribution is 7.92. The molecule has 2 aromatic rings. The van der Waals surface area contributed by atoms with Gasteiger partial charge in [-0.3, -0.25) is 0 Å². The van der Waals surface area contributed by atoms with Crippen LogP contribution in [0.4, 0.5) is 5.69 Å². The van der Waals surface area contributed by atoms with Gasteiger partial charge in [-0.1, -0.05) is 12.8 Å². The maximum atomic E-state index is 12.6. The Morgan fingerprint density at radius 2 is 1.94 bits per heavy atom. The second kappa shape index (κ2) is 4.02. The van der Waals surface area contributed by atoms with Crippen LogP contribution in [0.25, 0.3) is 10.9 Å². The minimum absolute atomic E-state index is 0.239. The number of aromatic amines is 1. The van der Waals surface area contributed by atoms with E-state index in [-0.39, 0.29) is 5.25 Å². The largest absolute Gasteiger partial charge is 0.399 e. The van der Waals surface area contributed by atoms with Gasteiger partial charge in [-0.25, -0.2) is 8.42 Å². The van der Waals surface area contributed by atoms with Crippen molar-refractivity contribution in [2.45, 2.75) is 35.8 Å². The van der Waals surface area contributed by atoms with Gasteiger partial charge in [0.05, 0.1) is 10.1 Å². The van der Waals surface area contributed by atoms with Crippen LogP contribution in [0.5, 0.6) is 0 Å². The van der Waals surface area contributed by atoms with Gasteiger partial charge in [0.15, 0.2) is 9.84 Å².